The van der Waals surface area contributed by atoms with Crippen molar-refractivity contribution in [2.45, 2.75) is 34.1 Å². The molecule has 1 heterocycles. The van der Waals surface area contributed by atoms with Crippen LogP contribution in [-0.4, -0.2) is 12.3 Å². The van der Waals surface area contributed by atoms with Crippen LogP contribution in [0.2, 0.25) is 0 Å². The van der Waals surface area contributed by atoms with E-state index in [-0.39, 0.29) is 0 Å². The first kappa shape index (κ1) is 7.77. The molecule has 0 aliphatic carbocycles. The fourth-order valence-electron chi connectivity index (χ4n) is 1.65. The predicted octanol–water partition coefficient (Wildman–Crippen LogP) is 2.51. The van der Waals surface area contributed by atoms with Crippen molar-refractivity contribution in [2.75, 3.05) is 6.54 Å². The topological polar surface area (TPSA) is 12.4 Å². The molecule has 1 aliphatic rings. The highest BCUT2D eigenvalue weighted by molar-refractivity contribution is 5.92. The van der Waals surface area contributed by atoms with Gasteiger partial charge in [0.25, 0.3) is 0 Å². The Kier molecular flexibility index (Phi) is 1.84. The van der Waals surface area contributed by atoms with Crippen LogP contribution in [-0.2, 0) is 0 Å². The molecule has 58 valence electrons. The van der Waals surface area contributed by atoms with Crippen LogP contribution >= 0.6 is 0 Å². The van der Waals surface area contributed by atoms with Crippen molar-refractivity contribution in [3.05, 3.63) is 0 Å². The summed E-state index contributed by atoms with van der Waals surface area (Å²) < 4.78 is 0. The SMILES string of the molecule is CC1CCN=C1C(C)(C)C. The zero-order valence-corrected chi connectivity index (χ0v) is 7.44. The molecule has 0 aromatic heterocycles. The van der Waals surface area contributed by atoms with Gasteiger partial charge in [0, 0.05) is 17.7 Å². The van der Waals surface area contributed by atoms with E-state index < -0.39 is 0 Å². The number of hydrogen-bond donors (Lipinski definition) is 0. The lowest BCUT2D eigenvalue weighted by Crippen LogP contribution is -2.23. The van der Waals surface area contributed by atoms with Crippen molar-refractivity contribution in [2.24, 2.45) is 16.3 Å². The third-order valence-electron chi connectivity index (χ3n) is 2.08. The summed E-state index contributed by atoms with van der Waals surface area (Å²) in [5, 5.41) is 0. The van der Waals surface area contributed by atoms with Crippen molar-refractivity contribution in [1.29, 1.82) is 0 Å². The van der Waals surface area contributed by atoms with Crippen molar-refractivity contribution in [3.8, 4) is 0 Å². The molecule has 10 heavy (non-hydrogen) atoms. The lowest BCUT2D eigenvalue weighted by atomic mass is 9.83. The molecule has 0 bridgehead atoms. The Morgan fingerprint density at radius 2 is 2.00 bits per heavy atom. The van der Waals surface area contributed by atoms with Crippen LogP contribution in [0.4, 0.5) is 0 Å². The third-order valence-corrected chi connectivity index (χ3v) is 2.08. The van der Waals surface area contributed by atoms with Gasteiger partial charge in [-0.25, -0.2) is 0 Å². The number of rotatable bonds is 0. The molecular formula is C9H17N. The van der Waals surface area contributed by atoms with Gasteiger partial charge in [-0.1, -0.05) is 27.7 Å². The highest BCUT2D eigenvalue weighted by Crippen LogP contribution is 2.27. The van der Waals surface area contributed by atoms with E-state index in [0.717, 1.165) is 12.5 Å². The Hall–Kier alpha value is -0.330. The molecule has 0 radical (unpaired) electrons. The monoisotopic (exact) mass is 139 g/mol. The van der Waals surface area contributed by atoms with E-state index >= 15 is 0 Å². The first-order chi connectivity index (χ1) is 4.52. The maximum Gasteiger partial charge on any atom is 0.0395 e. The van der Waals surface area contributed by atoms with Crippen LogP contribution in [0.5, 0.6) is 0 Å². The Balaban J connectivity index is 2.72. The van der Waals surface area contributed by atoms with Gasteiger partial charge in [-0.15, -0.1) is 0 Å². The summed E-state index contributed by atoms with van der Waals surface area (Å²) in [6.45, 7) is 10.1. The van der Waals surface area contributed by atoms with Gasteiger partial charge in [0.1, 0.15) is 0 Å². The molecule has 1 atom stereocenters. The zero-order chi connectivity index (χ0) is 7.78. The Bertz CT molecular complexity index is 151. The van der Waals surface area contributed by atoms with Gasteiger partial charge in [-0.3, -0.25) is 4.99 Å². The minimum Gasteiger partial charge on any atom is -0.293 e. The summed E-state index contributed by atoms with van der Waals surface area (Å²) in [7, 11) is 0. The summed E-state index contributed by atoms with van der Waals surface area (Å²) in [4.78, 5) is 4.50. The minimum absolute atomic E-state index is 0.302. The summed E-state index contributed by atoms with van der Waals surface area (Å²) in [5.41, 5.74) is 1.71. The van der Waals surface area contributed by atoms with E-state index in [1.165, 1.54) is 12.1 Å². The molecule has 0 fully saturated rings. The average molecular weight is 139 g/mol. The van der Waals surface area contributed by atoms with E-state index in [1.807, 2.05) is 0 Å². The molecule has 0 saturated heterocycles. The van der Waals surface area contributed by atoms with Crippen LogP contribution in [0.25, 0.3) is 0 Å². The fourth-order valence-corrected chi connectivity index (χ4v) is 1.65. The second kappa shape index (κ2) is 2.37. The zero-order valence-electron chi connectivity index (χ0n) is 7.44. The van der Waals surface area contributed by atoms with Crippen molar-refractivity contribution < 1.29 is 0 Å². The van der Waals surface area contributed by atoms with Crippen molar-refractivity contribution in [1.82, 2.24) is 0 Å². The lowest BCUT2D eigenvalue weighted by Gasteiger charge is -2.22. The van der Waals surface area contributed by atoms with Gasteiger partial charge in [-0.05, 0) is 12.3 Å². The Morgan fingerprint density at radius 3 is 2.20 bits per heavy atom. The smallest absolute Gasteiger partial charge is 0.0395 e. The van der Waals surface area contributed by atoms with Gasteiger partial charge < -0.3 is 0 Å². The van der Waals surface area contributed by atoms with Gasteiger partial charge in [-0.2, -0.15) is 0 Å². The first-order valence-corrected chi connectivity index (χ1v) is 4.06. The van der Waals surface area contributed by atoms with Gasteiger partial charge in [0.15, 0.2) is 0 Å². The molecule has 1 heteroatoms. The molecule has 1 rings (SSSR count). The minimum atomic E-state index is 0.302. The normalized spacial score (nSPS) is 26.8. The molecule has 0 N–H and O–H groups in total. The molecule has 0 aromatic rings. The van der Waals surface area contributed by atoms with Crippen molar-refractivity contribution in [3.63, 3.8) is 0 Å². The molecule has 0 saturated carbocycles. The van der Waals surface area contributed by atoms with E-state index in [2.05, 4.69) is 32.7 Å². The molecule has 1 aliphatic heterocycles. The highest BCUT2D eigenvalue weighted by Gasteiger charge is 2.26. The maximum atomic E-state index is 4.50. The standard InChI is InChI=1S/C9H17N/c1-7-5-6-10-8(7)9(2,3)4/h7H,5-6H2,1-4H3. The second-order valence-corrected chi connectivity index (χ2v) is 4.21. The van der Waals surface area contributed by atoms with E-state index in [1.54, 1.807) is 0 Å². The van der Waals surface area contributed by atoms with E-state index in [4.69, 9.17) is 0 Å². The fraction of sp³-hybridized carbons (Fsp3) is 0.889. The summed E-state index contributed by atoms with van der Waals surface area (Å²) in [5.74, 6) is 0.722. The quantitative estimate of drug-likeness (QED) is 0.489. The highest BCUT2D eigenvalue weighted by atomic mass is 14.8. The number of aliphatic imine (C=N–C) groups is 1. The van der Waals surface area contributed by atoms with E-state index in [9.17, 15) is 0 Å². The predicted molar refractivity (Wildman–Crippen MR) is 45.5 cm³/mol. The third kappa shape index (κ3) is 1.39. The maximum absolute atomic E-state index is 4.50. The summed E-state index contributed by atoms with van der Waals surface area (Å²) >= 11 is 0. The average Bonchev–Trinajstić information content (AvgIpc) is 2.11. The van der Waals surface area contributed by atoms with Crippen LogP contribution in [0.15, 0.2) is 4.99 Å². The van der Waals surface area contributed by atoms with Crippen LogP contribution in [0, 0.1) is 11.3 Å². The molecule has 0 spiro atoms. The second-order valence-electron chi connectivity index (χ2n) is 4.21. The largest absolute Gasteiger partial charge is 0.293 e. The van der Waals surface area contributed by atoms with Gasteiger partial charge in [0.05, 0.1) is 0 Å². The van der Waals surface area contributed by atoms with Gasteiger partial charge in [0.2, 0.25) is 0 Å². The van der Waals surface area contributed by atoms with E-state index in [0.29, 0.717) is 5.41 Å². The van der Waals surface area contributed by atoms with Crippen molar-refractivity contribution >= 4 is 5.71 Å². The number of hydrogen-bond acceptors (Lipinski definition) is 1. The Morgan fingerprint density at radius 1 is 1.40 bits per heavy atom. The van der Waals surface area contributed by atoms with Crippen LogP contribution in [0.3, 0.4) is 0 Å². The first-order valence-electron chi connectivity index (χ1n) is 4.06. The van der Waals surface area contributed by atoms with Crippen LogP contribution in [0.1, 0.15) is 34.1 Å². The van der Waals surface area contributed by atoms with Crippen LogP contribution < -0.4 is 0 Å². The molecular weight excluding hydrogens is 122 g/mol. The lowest BCUT2D eigenvalue weighted by molar-refractivity contribution is 0.556. The molecule has 1 nitrogen and oxygen atoms in total. The summed E-state index contributed by atoms with van der Waals surface area (Å²) in [6.07, 6.45) is 1.26. The van der Waals surface area contributed by atoms with Gasteiger partial charge >= 0.3 is 0 Å². The molecule has 0 amide bonds. The number of nitrogens with zero attached hydrogens (tertiary/aromatic N) is 1. The Labute approximate surface area is 63.5 Å². The molecule has 1 unspecified atom stereocenters. The molecule has 0 aromatic carbocycles. The summed E-state index contributed by atoms with van der Waals surface area (Å²) in [6, 6.07) is 0.